The van der Waals surface area contributed by atoms with Gasteiger partial charge in [0.2, 0.25) is 0 Å². The molecular weight excluding hydrogens is 329 g/mol. The van der Waals surface area contributed by atoms with E-state index in [0.29, 0.717) is 0 Å². The van der Waals surface area contributed by atoms with Crippen LogP contribution in [0.2, 0.25) is 0 Å². The van der Waals surface area contributed by atoms with Crippen molar-refractivity contribution in [2.75, 3.05) is 7.05 Å². The quantitative estimate of drug-likeness (QED) is 0.374. The Morgan fingerprint density at radius 1 is 1.71 bits per heavy atom. The molecule has 1 aromatic heterocycles. The molecule has 1 aromatic rings. The molecule has 90 valence electrons. The van der Waals surface area contributed by atoms with Gasteiger partial charge in [-0.1, -0.05) is 12.1 Å². The number of hydrogen-bond acceptors (Lipinski definition) is 4. The minimum absolute atomic E-state index is 0.0414. The normalized spacial score (nSPS) is 12.9. The summed E-state index contributed by atoms with van der Waals surface area (Å²) < 4.78 is 0.937. The highest BCUT2D eigenvalue weighted by Crippen LogP contribution is 2.26. The number of nitrogens with zero attached hydrogens (tertiary/aromatic N) is 2. The topological polar surface area (TPSA) is 54.4 Å². The van der Waals surface area contributed by atoms with Crippen LogP contribution in [0.3, 0.4) is 0 Å². The number of aromatic nitrogens is 1. The Morgan fingerprint density at radius 3 is 2.94 bits per heavy atom. The van der Waals surface area contributed by atoms with Crippen molar-refractivity contribution >= 4 is 22.6 Å². The molecule has 0 fully saturated rings. The molecule has 1 rings (SSSR count). The molecule has 0 spiro atoms. The molecule has 5 heteroatoms. The van der Waals surface area contributed by atoms with E-state index in [1.807, 2.05) is 24.4 Å². The summed E-state index contributed by atoms with van der Waals surface area (Å²) in [6.45, 7) is 3.73. The van der Waals surface area contributed by atoms with Crippen molar-refractivity contribution in [1.29, 1.82) is 0 Å². The molecule has 1 heterocycles. The smallest absolute Gasteiger partial charge is 0.101 e. The van der Waals surface area contributed by atoms with Crippen molar-refractivity contribution in [3.05, 3.63) is 57.1 Å². The summed E-state index contributed by atoms with van der Waals surface area (Å²) in [5.41, 5.74) is 1.80. The lowest BCUT2D eigenvalue weighted by atomic mass is 9.94. The van der Waals surface area contributed by atoms with E-state index in [2.05, 4.69) is 44.6 Å². The molecule has 0 aliphatic heterocycles. The number of allylic oxidation sites excluding steroid dienone is 2. The highest BCUT2D eigenvalue weighted by atomic mass is 127. The fraction of sp³-hybridized carbons (Fsp3) is 0.250. The maximum atomic E-state index is 10.4. The molecule has 0 aromatic carbocycles. The Balaban J connectivity index is 3.07. The monoisotopic (exact) mass is 343 g/mol. The number of pyridine rings is 1. The molecule has 0 aliphatic rings. The molecule has 0 amide bonds. The Hall–Kier alpha value is -1.24. The van der Waals surface area contributed by atoms with E-state index < -0.39 is 0 Å². The third kappa shape index (κ3) is 3.92. The lowest BCUT2D eigenvalue weighted by Crippen LogP contribution is -2.14. The predicted octanol–water partition coefficient (Wildman–Crippen LogP) is 3.17. The zero-order chi connectivity index (χ0) is 12.7. The molecule has 0 bridgehead atoms. The zero-order valence-corrected chi connectivity index (χ0v) is 11.7. The molecule has 1 N–H and O–H groups in total. The first-order valence-corrected chi connectivity index (χ1v) is 6.23. The average molecular weight is 343 g/mol. The first-order valence-electron chi connectivity index (χ1n) is 5.15. The number of nitroso groups, excluding NO2 is 1. The SMILES string of the molecule is C=CCC(/C(=C/N=O)NC)c1ccc(I)nc1. The summed E-state index contributed by atoms with van der Waals surface area (Å²) in [5, 5.41) is 5.81. The maximum Gasteiger partial charge on any atom is 0.101 e. The number of likely N-dealkylation sites (N-methyl/N-ethyl adjacent to an activating group) is 1. The standard InChI is InChI=1S/C12H14IN3O/c1-3-4-10(11(14-2)8-16-17)9-5-6-12(13)15-7-9/h3,5-8,10,14H,1,4H2,2H3/b11-8-. The van der Waals surface area contributed by atoms with Gasteiger partial charge in [-0.2, -0.15) is 0 Å². The van der Waals surface area contributed by atoms with Gasteiger partial charge >= 0.3 is 0 Å². The van der Waals surface area contributed by atoms with Crippen molar-refractivity contribution in [3.63, 3.8) is 0 Å². The van der Waals surface area contributed by atoms with Crippen LogP contribution in [0.5, 0.6) is 0 Å². The van der Waals surface area contributed by atoms with Gasteiger partial charge in [-0.3, -0.25) is 4.98 Å². The van der Waals surface area contributed by atoms with Crippen LogP contribution in [0.1, 0.15) is 17.9 Å². The van der Waals surface area contributed by atoms with Crippen LogP contribution in [0.15, 0.2) is 48.1 Å². The summed E-state index contributed by atoms with van der Waals surface area (Å²) in [6.07, 6.45) is 5.65. The molecule has 0 saturated heterocycles. The van der Waals surface area contributed by atoms with Crippen molar-refractivity contribution in [2.45, 2.75) is 12.3 Å². The van der Waals surface area contributed by atoms with Crippen LogP contribution < -0.4 is 5.32 Å². The second-order valence-electron chi connectivity index (χ2n) is 3.43. The maximum absolute atomic E-state index is 10.4. The van der Waals surface area contributed by atoms with Gasteiger partial charge in [0.15, 0.2) is 0 Å². The number of rotatable bonds is 6. The molecule has 0 saturated carbocycles. The summed E-state index contributed by atoms with van der Waals surface area (Å²) in [7, 11) is 1.77. The van der Waals surface area contributed by atoms with Crippen LogP contribution in [-0.4, -0.2) is 12.0 Å². The Kier molecular flexibility index (Phi) is 5.82. The Morgan fingerprint density at radius 2 is 2.47 bits per heavy atom. The molecule has 0 radical (unpaired) electrons. The van der Waals surface area contributed by atoms with Gasteiger partial charge in [0.1, 0.15) is 3.70 Å². The van der Waals surface area contributed by atoms with E-state index in [9.17, 15) is 4.91 Å². The summed E-state index contributed by atoms with van der Waals surface area (Å²) in [5.74, 6) is 0.0414. The minimum atomic E-state index is 0.0414. The molecule has 17 heavy (non-hydrogen) atoms. The predicted molar refractivity (Wildman–Crippen MR) is 77.4 cm³/mol. The van der Waals surface area contributed by atoms with Gasteiger partial charge in [0.25, 0.3) is 0 Å². The third-order valence-electron chi connectivity index (χ3n) is 2.41. The number of halogens is 1. The summed E-state index contributed by atoms with van der Waals surface area (Å²) >= 11 is 2.15. The van der Waals surface area contributed by atoms with Crippen molar-refractivity contribution in [3.8, 4) is 0 Å². The highest BCUT2D eigenvalue weighted by Gasteiger charge is 2.15. The highest BCUT2D eigenvalue weighted by molar-refractivity contribution is 14.1. The van der Waals surface area contributed by atoms with Gasteiger partial charge in [-0.15, -0.1) is 11.5 Å². The molecular formula is C12H14IN3O. The van der Waals surface area contributed by atoms with Crippen LogP contribution in [0.25, 0.3) is 0 Å². The van der Waals surface area contributed by atoms with E-state index in [0.717, 1.165) is 21.4 Å². The van der Waals surface area contributed by atoms with Crippen molar-refractivity contribution in [1.82, 2.24) is 10.3 Å². The van der Waals surface area contributed by atoms with Crippen molar-refractivity contribution in [2.24, 2.45) is 5.18 Å². The summed E-state index contributed by atoms with van der Waals surface area (Å²) in [6, 6.07) is 3.94. The third-order valence-corrected chi connectivity index (χ3v) is 3.05. The molecule has 1 atom stereocenters. The first kappa shape index (κ1) is 13.8. The van der Waals surface area contributed by atoms with E-state index >= 15 is 0 Å². The molecule has 4 nitrogen and oxygen atoms in total. The lowest BCUT2D eigenvalue weighted by Gasteiger charge is -2.18. The second kappa shape index (κ2) is 7.16. The van der Waals surface area contributed by atoms with Crippen LogP contribution in [0, 0.1) is 8.61 Å². The van der Waals surface area contributed by atoms with Gasteiger partial charge in [0, 0.05) is 24.9 Å². The van der Waals surface area contributed by atoms with E-state index in [1.54, 1.807) is 7.05 Å². The Labute approximate surface area is 114 Å². The van der Waals surface area contributed by atoms with Crippen LogP contribution in [0.4, 0.5) is 0 Å². The van der Waals surface area contributed by atoms with Gasteiger partial charge in [0.05, 0.1) is 6.20 Å². The second-order valence-corrected chi connectivity index (χ2v) is 4.54. The van der Waals surface area contributed by atoms with Crippen molar-refractivity contribution < 1.29 is 0 Å². The lowest BCUT2D eigenvalue weighted by molar-refractivity contribution is 0.730. The number of hydrogen-bond donors (Lipinski definition) is 1. The molecule has 0 aliphatic carbocycles. The van der Waals surface area contributed by atoms with Gasteiger partial charge in [-0.25, -0.2) is 0 Å². The average Bonchev–Trinajstić information content (AvgIpc) is 2.35. The fourth-order valence-corrected chi connectivity index (χ4v) is 1.91. The Bertz CT molecular complexity index is 414. The summed E-state index contributed by atoms with van der Waals surface area (Å²) in [4.78, 5) is 14.6. The fourth-order valence-electron chi connectivity index (χ4n) is 1.59. The zero-order valence-electron chi connectivity index (χ0n) is 9.56. The first-order chi connectivity index (χ1) is 8.22. The van der Waals surface area contributed by atoms with Gasteiger partial charge in [-0.05, 0) is 45.8 Å². The van der Waals surface area contributed by atoms with E-state index in [-0.39, 0.29) is 5.92 Å². The van der Waals surface area contributed by atoms with E-state index in [4.69, 9.17) is 0 Å². The minimum Gasteiger partial charge on any atom is -0.390 e. The van der Waals surface area contributed by atoms with Crippen LogP contribution >= 0.6 is 22.6 Å². The van der Waals surface area contributed by atoms with Crippen LogP contribution in [-0.2, 0) is 0 Å². The van der Waals surface area contributed by atoms with Gasteiger partial charge < -0.3 is 5.32 Å². The van der Waals surface area contributed by atoms with E-state index in [1.165, 1.54) is 6.20 Å². The number of nitrogens with one attached hydrogen (secondary N) is 1. The molecule has 1 unspecified atom stereocenters. The largest absolute Gasteiger partial charge is 0.390 e.